The van der Waals surface area contributed by atoms with Gasteiger partial charge in [-0.1, -0.05) is 6.07 Å². The Morgan fingerprint density at radius 1 is 1.39 bits per heavy atom. The first kappa shape index (κ1) is 13.5. The van der Waals surface area contributed by atoms with Gasteiger partial charge in [-0.2, -0.15) is 0 Å². The maximum absolute atomic E-state index is 14.2. The van der Waals surface area contributed by atoms with Gasteiger partial charge in [0.2, 0.25) is 0 Å². The second-order valence-corrected chi connectivity index (χ2v) is 5.42. The lowest BCUT2D eigenvalue weighted by Crippen LogP contribution is -2.37. The Morgan fingerprint density at radius 2 is 2.11 bits per heavy atom. The first-order valence-corrected chi connectivity index (χ1v) is 6.48. The summed E-state index contributed by atoms with van der Waals surface area (Å²) in [5.41, 5.74) is 1.08. The van der Waals surface area contributed by atoms with Gasteiger partial charge in [-0.25, -0.2) is 4.39 Å². The van der Waals surface area contributed by atoms with Gasteiger partial charge in [0.15, 0.2) is 0 Å². The van der Waals surface area contributed by atoms with Crippen LogP contribution in [0.5, 0.6) is 0 Å². The third kappa shape index (κ3) is 2.43. The molecule has 0 heterocycles. The Morgan fingerprint density at radius 3 is 2.72 bits per heavy atom. The molecule has 3 heteroatoms. The molecule has 1 N–H and O–H groups in total. The fourth-order valence-electron chi connectivity index (χ4n) is 3.14. The highest BCUT2D eigenvalue weighted by atomic mass is 19.1. The van der Waals surface area contributed by atoms with E-state index in [4.69, 9.17) is 4.74 Å². The first-order chi connectivity index (χ1) is 8.46. The molecule has 0 aromatic heterocycles. The molecule has 1 aliphatic rings. The molecule has 18 heavy (non-hydrogen) atoms. The Labute approximate surface area is 108 Å². The fraction of sp³-hybridized carbons (Fsp3) is 0.600. The normalized spacial score (nSPS) is 28.4. The molecule has 2 nitrogen and oxygen atoms in total. The lowest BCUT2D eigenvalue weighted by Gasteiger charge is -2.37. The minimum atomic E-state index is -1.08. The number of methoxy groups -OCH3 is 1. The van der Waals surface area contributed by atoms with Gasteiger partial charge in [-0.15, -0.1) is 0 Å². The average Bonchev–Trinajstić information content (AvgIpc) is 2.27. The summed E-state index contributed by atoms with van der Waals surface area (Å²) in [5, 5.41) is 10.8. The third-order valence-electron chi connectivity index (χ3n) is 3.91. The smallest absolute Gasteiger partial charge is 0.129 e. The Kier molecular flexibility index (Phi) is 3.74. The van der Waals surface area contributed by atoms with Gasteiger partial charge in [0.25, 0.3) is 0 Å². The molecular formula is C15H21FO2. The number of hydrogen-bond donors (Lipinski definition) is 1. The standard InChI is InChI=1S/C15H21FO2/c1-10-7-11(2)14(13(16)8-10)15(17)6-4-5-12(9-15)18-3/h7-8,12,17H,4-6,9H2,1-3H3. The summed E-state index contributed by atoms with van der Waals surface area (Å²) in [6.07, 6.45) is 2.90. The van der Waals surface area contributed by atoms with Crippen molar-refractivity contribution in [3.8, 4) is 0 Å². The summed E-state index contributed by atoms with van der Waals surface area (Å²) in [5.74, 6) is -0.299. The minimum Gasteiger partial charge on any atom is -0.385 e. The molecule has 0 aliphatic heterocycles. The number of rotatable bonds is 2. The maximum Gasteiger partial charge on any atom is 0.129 e. The van der Waals surface area contributed by atoms with Gasteiger partial charge < -0.3 is 9.84 Å². The van der Waals surface area contributed by atoms with E-state index in [9.17, 15) is 9.50 Å². The van der Waals surface area contributed by atoms with E-state index < -0.39 is 5.60 Å². The monoisotopic (exact) mass is 252 g/mol. The Hall–Kier alpha value is -0.930. The Balaban J connectivity index is 2.40. The molecule has 2 rings (SSSR count). The summed E-state index contributed by atoms with van der Waals surface area (Å²) in [7, 11) is 1.65. The summed E-state index contributed by atoms with van der Waals surface area (Å²) in [4.78, 5) is 0. The molecule has 0 radical (unpaired) electrons. The molecule has 1 aliphatic carbocycles. The van der Waals surface area contributed by atoms with Crippen molar-refractivity contribution in [2.75, 3.05) is 7.11 Å². The zero-order valence-corrected chi connectivity index (χ0v) is 11.3. The molecule has 0 saturated heterocycles. The molecule has 100 valence electrons. The maximum atomic E-state index is 14.2. The van der Waals surface area contributed by atoms with Gasteiger partial charge in [0.05, 0.1) is 11.7 Å². The molecule has 1 saturated carbocycles. The van der Waals surface area contributed by atoms with Crippen LogP contribution >= 0.6 is 0 Å². The largest absolute Gasteiger partial charge is 0.385 e. The van der Waals surface area contributed by atoms with Gasteiger partial charge in [-0.05, 0) is 50.3 Å². The van der Waals surface area contributed by atoms with Crippen LogP contribution in [-0.2, 0) is 10.3 Å². The molecule has 2 atom stereocenters. The fourth-order valence-corrected chi connectivity index (χ4v) is 3.14. The first-order valence-electron chi connectivity index (χ1n) is 6.48. The highest BCUT2D eigenvalue weighted by Gasteiger charge is 2.39. The van der Waals surface area contributed by atoms with E-state index in [1.54, 1.807) is 7.11 Å². The van der Waals surface area contributed by atoms with E-state index in [1.165, 1.54) is 6.07 Å². The number of hydrogen-bond acceptors (Lipinski definition) is 2. The van der Waals surface area contributed by atoms with Crippen molar-refractivity contribution < 1.29 is 14.2 Å². The highest BCUT2D eigenvalue weighted by molar-refractivity contribution is 5.36. The van der Waals surface area contributed by atoms with Crippen molar-refractivity contribution in [3.05, 3.63) is 34.6 Å². The van der Waals surface area contributed by atoms with Crippen molar-refractivity contribution in [1.29, 1.82) is 0 Å². The Bertz CT molecular complexity index is 421. The van der Waals surface area contributed by atoms with Crippen molar-refractivity contribution in [2.45, 2.75) is 51.2 Å². The van der Waals surface area contributed by atoms with E-state index in [1.807, 2.05) is 19.9 Å². The second-order valence-electron chi connectivity index (χ2n) is 5.42. The number of benzene rings is 1. The van der Waals surface area contributed by atoms with E-state index >= 15 is 0 Å². The van der Waals surface area contributed by atoms with Gasteiger partial charge in [-0.3, -0.25) is 0 Å². The molecule has 0 spiro atoms. The average molecular weight is 252 g/mol. The number of halogens is 1. The third-order valence-corrected chi connectivity index (χ3v) is 3.91. The molecule has 0 amide bonds. The molecule has 0 bridgehead atoms. The van der Waals surface area contributed by atoms with Crippen LogP contribution in [0.1, 0.15) is 42.4 Å². The van der Waals surface area contributed by atoms with Crippen molar-refractivity contribution in [3.63, 3.8) is 0 Å². The predicted molar refractivity (Wildman–Crippen MR) is 69.0 cm³/mol. The number of aliphatic hydroxyl groups is 1. The van der Waals surface area contributed by atoms with E-state index in [0.717, 1.165) is 24.0 Å². The number of ether oxygens (including phenoxy) is 1. The van der Waals surface area contributed by atoms with Crippen molar-refractivity contribution >= 4 is 0 Å². The second kappa shape index (κ2) is 4.98. The molecule has 2 unspecified atom stereocenters. The summed E-state index contributed by atoms with van der Waals surface area (Å²) < 4.78 is 19.5. The SMILES string of the molecule is COC1CCCC(O)(c2c(C)cc(C)cc2F)C1. The topological polar surface area (TPSA) is 29.5 Å². The molecule has 1 aromatic carbocycles. The quantitative estimate of drug-likeness (QED) is 0.875. The number of aryl methyl sites for hydroxylation is 2. The van der Waals surface area contributed by atoms with Gasteiger partial charge >= 0.3 is 0 Å². The molecule has 1 fully saturated rings. The van der Waals surface area contributed by atoms with Crippen LogP contribution in [-0.4, -0.2) is 18.3 Å². The van der Waals surface area contributed by atoms with Crippen LogP contribution in [0, 0.1) is 19.7 Å². The van der Waals surface area contributed by atoms with Crippen LogP contribution in [0.2, 0.25) is 0 Å². The van der Waals surface area contributed by atoms with Crippen LogP contribution < -0.4 is 0 Å². The van der Waals surface area contributed by atoms with Crippen molar-refractivity contribution in [1.82, 2.24) is 0 Å². The molecular weight excluding hydrogens is 231 g/mol. The van der Waals surface area contributed by atoms with Gasteiger partial charge in [0.1, 0.15) is 5.82 Å². The molecule has 1 aromatic rings. The zero-order chi connectivity index (χ0) is 13.3. The van der Waals surface area contributed by atoms with Crippen LogP contribution in [0.4, 0.5) is 4.39 Å². The minimum absolute atomic E-state index is 0.0175. The van der Waals surface area contributed by atoms with Gasteiger partial charge in [0, 0.05) is 19.1 Å². The summed E-state index contributed by atoms with van der Waals surface area (Å²) in [6, 6.07) is 3.42. The predicted octanol–water partition coefficient (Wildman–Crippen LogP) is 3.22. The van der Waals surface area contributed by atoms with Crippen molar-refractivity contribution in [2.24, 2.45) is 0 Å². The lowest BCUT2D eigenvalue weighted by molar-refractivity contribution is -0.0653. The summed E-state index contributed by atoms with van der Waals surface area (Å²) >= 11 is 0. The van der Waals surface area contributed by atoms with E-state index in [2.05, 4.69) is 0 Å². The van der Waals surface area contributed by atoms with E-state index in [-0.39, 0.29) is 11.9 Å². The summed E-state index contributed by atoms with van der Waals surface area (Å²) in [6.45, 7) is 3.72. The zero-order valence-electron chi connectivity index (χ0n) is 11.3. The highest BCUT2D eigenvalue weighted by Crippen LogP contribution is 2.40. The van der Waals surface area contributed by atoms with Crippen LogP contribution in [0.25, 0.3) is 0 Å². The van der Waals surface area contributed by atoms with Crippen LogP contribution in [0.15, 0.2) is 12.1 Å². The van der Waals surface area contributed by atoms with Crippen LogP contribution in [0.3, 0.4) is 0 Å². The van der Waals surface area contributed by atoms with E-state index in [0.29, 0.717) is 18.4 Å². The lowest BCUT2D eigenvalue weighted by atomic mass is 9.76.